The Morgan fingerprint density at radius 1 is 0.446 bits per heavy atom. The van der Waals surface area contributed by atoms with Crippen LogP contribution in [0.3, 0.4) is 0 Å². The summed E-state index contributed by atoms with van der Waals surface area (Å²) in [5.74, 6) is -2.07. The highest BCUT2D eigenvalue weighted by Crippen LogP contribution is 2.53. The molecule has 92 heavy (non-hydrogen) atoms. The molecule has 0 amide bonds. The lowest BCUT2D eigenvalue weighted by Gasteiger charge is -2.44. The van der Waals surface area contributed by atoms with Crippen LogP contribution in [0, 0.1) is 23.7 Å². The zero-order valence-electron chi connectivity index (χ0n) is 56.4. The number of hydrogen-bond acceptors (Lipinski definition) is 16. The summed E-state index contributed by atoms with van der Waals surface area (Å²) in [6.07, 6.45) is 28.7. The Hall–Kier alpha value is -4.00. The SMILES string of the molecule is CC(=O)OC1[C@H](OP(=O)(O)O)OC([C@@H](F)CCCCCCCCCCCCCCCCCCOC=O)[C@@H](C)[C@@H]1C.CC(=O)OC1[C@H](OP(=O)(Oc2ccccc2)Oc2ccccc2)OC([C@@H](F)CCCCCCCCCCCCCCCCCCOC=O)[C@@H](C)[C@@H]1C. The number of halogens is 2. The Kier molecular flexibility index (Phi) is 44.3. The standard InChI is InChI=1S/C41H62FO9P.C29H54FO9P/c1-33-34(2)40(47-35(3)44)41(51-52(45,49-36-26-20-18-21-27-36)50-37-28-22-19-23-29-37)48-39(33)38(42)30-24-16-14-12-10-8-6-4-5-7-9-11-13-15-17-25-31-46-32-43;1-23-24(2)28(37-25(3)32)29(39-40(33,34)35)38-27(23)26(30)20-18-16-14-12-10-8-6-4-5-7-9-11-13-15-17-19-21-36-22-31/h18-23,26-29,32-34,38-41H,4-17,24-25,30-31H2,1-3H3;22-24,26-29H,4-21H2,1-3H3,(H2,33,34,35)/t33-,34-,38-,39?,40?,41-;23-,24-,26-,27?,28?,29-/m00/s1. The second-order valence-electron chi connectivity index (χ2n) is 25.3. The summed E-state index contributed by atoms with van der Waals surface area (Å²) in [7, 11) is -9.35. The normalized spacial score (nSPS) is 22.2. The predicted molar refractivity (Wildman–Crippen MR) is 352 cm³/mol. The molecule has 2 heterocycles. The van der Waals surface area contributed by atoms with Crippen LogP contribution >= 0.6 is 15.6 Å². The Labute approximate surface area is 549 Å². The van der Waals surface area contributed by atoms with Crippen molar-refractivity contribution in [3.8, 4) is 11.5 Å². The van der Waals surface area contributed by atoms with Crippen molar-refractivity contribution in [1.29, 1.82) is 0 Å². The van der Waals surface area contributed by atoms with E-state index >= 15 is 8.78 Å². The minimum atomic E-state index is -4.93. The first-order valence-corrected chi connectivity index (χ1v) is 37.8. The number of para-hydroxylation sites is 2. The third-order valence-corrected chi connectivity index (χ3v) is 19.5. The topological polar surface area (TPSA) is 235 Å². The molecular weight excluding hydrogens is 1230 g/mol. The minimum absolute atomic E-state index is 0.247. The molecule has 0 radical (unpaired) electrons. The van der Waals surface area contributed by atoms with Gasteiger partial charge >= 0.3 is 27.6 Å². The van der Waals surface area contributed by atoms with E-state index in [0.717, 1.165) is 70.6 Å². The van der Waals surface area contributed by atoms with Gasteiger partial charge in [0.05, 0.1) is 25.4 Å². The molecule has 2 aromatic rings. The molecule has 0 saturated carbocycles. The Bertz CT molecular complexity index is 2260. The number of ether oxygens (including phenoxy) is 6. The van der Waals surface area contributed by atoms with Crippen LogP contribution in [0.25, 0.3) is 0 Å². The fourth-order valence-corrected chi connectivity index (χ4v) is 13.8. The lowest BCUT2D eigenvalue weighted by atomic mass is 9.81. The average molecular weight is 1350 g/mol. The molecule has 2 fully saturated rings. The molecule has 12 atom stereocenters. The van der Waals surface area contributed by atoms with Gasteiger partial charge in [0, 0.05) is 25.7 Å². The maximum absolute atomic E-state index is 15.9. The summed E-state index contributed by atoms with van der Waals surface area (Å²) >= 11 is 0. The van der Waals surface area contributed by atoms with Crippen molar-refractivity contribution in [3.05, 3.63) is 60.7 Å². The molecule has 0 aromatic heterocycles. The molecule has 2 aliphatic heterocycles. The minimum Gasteiger partial charge on any atom is -0.468 e. The molecule has 0 bridgehead atoms. The summed E-state index contributed by atoms with van der Waals surface area (Å²) in [6, 6.07) is 16.9. The fraction of sp³-hybridized carbons (Fsp3) is 0.771. The van der Waals surface area contributed by atoms with Crippen LogP contribution in [0.2, 0.25) is 0 Å². The largest absolute Gasteiger partial charge is 0.590 e. The molecule has 2 aliphatic rings. The van der Waals surface area contributed by atoms with Crippen molar-refractivity contribution in [2.24, 2.45) is 23.7 Å². The van der Waals surface area contributed by atoms with Gasteiger partial charge in [-0.25, -0.2) is 22.4 Å². The van der Waals surface area contributed by atoms with Crippen LogP contribution in [0.5, 0.6) is 11.5 Å². The first-order valence-electron chi connectivity index (χ1n) is 34.8. The highest BCUT2D eigenvalue weighted by molar-refractivity contribution is 7.49. The van der Waals surface area contributed by atoms with Gasteiger partial charge in [0.15, 0.2) is 12.2 Å². The molecular formula is C70H116F2O18P2. The Morgan fingerprint density at radius 3 is 0.989 bits per heavy atom. The van der Waals surface area contributed by atoms with Crippen LogP contribution < -0.4 is 9.05 Å². The quantitative estimate of drug-likeness (QED) is 0.0206. The van der Waals surface area contributed by atoms with E-state index in [4.69, 9.17) is 41.8 Å². The van der Waals surface area contributed by atoms with Crippen LogP contribution in [0.15, 0.2) is 60.7 Å². The van der Waals surface area contributed by atoms with Gasteiger partial charge < -0.3 is 47.3 Å². The van der Waals surface area contributed by atoms with E-state index in [2.05, 4.69) is 4.74 Å². The van der Waals surface area contributed by atoms with Crippen molar-refractivity contribution in [2.45, 2.75) is 309 Å². The molecule has 0 spiro atoms. The number of benzene rings is 2. The zero-order chi connectivity index (χ0) is 67.2. The number of esters is 2. The number of carbonyl (C=O) groups is 4. The van der Waals surface area contributed by atoms with Gasteiger partial charge in [-0.2, -0.15) is 0 Å². The first kappa shape index (κ1) is 82.2. The van der Waals surface area contributed by atoms with Gasteiger partial charge in [-0.05, 0) is 61.8 Å². The number of alkyl halides is 2. The van der Waals surface area contributed by atoms with E-state index < -0.39 is 82.8 Å². The summed E-state index contributed by atoms with van der Waals surface area (Å²) in [6.45, 7) is 11.9. The molecule has 18 nitrogen and oxygen atoms in total. The number of rotatable bonds is 52. The summed E-state index contributed by atoms with van der Waals surface area (Å²) < 4.78 is 111. The highest BCUT2D eigenvalue weighted by atomic mass is 31.2. The number of carbonyl (C=O) groups excluding carboxylic acids is 4. The maximum atomic E-state index is 15.9. The van der Waals surface area contributed by atoms with Gasteiger partial charge in [-0.3, -0.25) is 23.7 Å². The van der Waals surface area contributed by atoms with Gasteiger partial charge in [-0.15, -0.1) is 0 Å². The van der Waals surface area contributed by atoms with Gasteiger partial charge in [0.1, 0.15) is 23.8 Å². The average Bonchev–Trinajstić information content (AvgIpc) is 0.869. The Morgan fingerprint density at radius 2 is 0.717 bits per heavy atom. The summed E-state index contributed by atoms with van der Waals surface area (Å²) in [4.78, 5) is 62.3. The van der Waals surface area contributed by atoms with E-state index in [1.165, 1.54) is 142 Å². The van der Waals surface area contributed by atoms with E-state index in [0.29, 0.717) is 45.4 Å². The Balaban J connectivity index is 0.000000498. The van der Waals surface area contributed by atoms with Crippen molar-refractivity contribution in [2.75, 3.05) is 13.2 Å². The fourth-order valence-electron chi connectivity index (χ4n) is 12.1. The van der Waals surface area contributed by atoms with Crippen molar-refractivity contribution < 1.29 is 93.4 Å². The molecule has 4 rings (SSSR count). The number of hydrogen-bond donors (Lipinski definition) is 2. The number of phosphoric acid groups is 2. The van der Waals surface area contributed by atoms with Crippen molar-refractivity contribution in [3.63, 3.8) is 0 Å². The summed E-state index contributed by atoms with van der Waals surface area (Å²) in [5, 5.41) is 0. The van der Waals surface area contributed by atoms with Gasteiger partial charge in [0.25, 0.3) is 12.9 Å². The molecule has 528 valence electrons. The summed E-state index contributed by atoms with van der Waals surface area (Å²) in [5.41, 5.74) is 0. The van der Waals surface area contributed by atoms with Crippen molar-refractivity contribution >= 4 is 40.5 Å². The molecule has 2 N–H and O–H groups in total. The van der Waals surface area contributed by atoms with E-state index in [9.17, 15) is 38.1 Å². The van der Waals surface area contributed by atoms with Crippen LogP contribution in [0.4, 0.5) is 8.78 Å². The highest BCUT2D eigenvalue weighted by Gasteiger charge is 2.51. The molecule has 4 unspecified atom stereocenters. The zero-order valence-corrected chi connectivity index (χ0v) is 58.2. The van der Waals surface area contributed by atoms with Crippen molar-refractivity contribution in [1.82, 2.24) is 0 Å². The van der Waals surface area contributed by atoms with Gasteiger partial charge in [0.2, 0.25) is 12.6 Å². The maximum Gasteiger partial charge on any atom is 0.590 e. The van der Waals surface area contributed by atoms with E-state index in [1.807, 2.05) is 13.8 Å². The third kappa shape index (κ3) is 36.8. The smallest absolute Gasteiger partial charge is 0.468 e. The lowest BCUT2D eigenvalue weighted by molar-refractivity contribution is -0.261. The lowest BCUT2D eigenvalue weighted by Crippen LogP contribution is -2.54. The molecule has 22 heteroatoms. The third-order valence-electron chi connectivity index (χ3n) is 17.7. The number of phosphoric ester groups is 2. The van der Waals surface area contributed by atoms with E-state index in [1.54, 1.807) is 74.5 Å². The monoisotopic (exact) mass is 1340 g/mol. The molecule has 0 aliphatic carbocycles. The van der Waals surface area contributed by atoms with Crippen LogP contribution in [0.1, 0.15) is 260 Å². The van der Waals surface area contributed by atoms with Crippen LogP contribution in [-0.2, 0) is 65.8 Å². The van der Waals surface area contributed by atoms with E-state index in [-0.39, 0.29) is 29.3 Å². The number of unbranched alkanes of at least 4 members (excludes halogenated alkanes) is 30. The molecule has 2 saturated heterocycles. The van der Waals surface area contributed by atoms with Gasteiger partial charge in [-0.1, -0.05) is 257 Å². The van der Waals surface area contributed by atoms with Crippen LogP contribution in [-0.4, -0.2) is 97.2 Å². The molecule has 2 aromatic carbocycles. The second kappa shape index (κ2) is 49.5. The predicted octanol–water partition coefficient (Wildman–Crippen LogP) is 18.5. The first-order chi connectivity index (χ1) is 44.3. The second-order valence-corrected chi connectivity index (χ2v) is 28.0.